The predicted octanol–water partition coefficient (Wildman–Crippen LogP) is 2.49. The molecule has 2 rings (SSSR count). The van der Waals surface area contributed by atoms with Crippen LogP contribution in [-0.2, 0) is 0 Å². The van der Waals surface area contributed by atoms with Gasteiger partial charge < -0.3 is 5.32 Å². The first-order valence-electron chi connectivity index (χ1n) is 4.84. The van der Waals surface area contributed by atoms with E-state index in [-0.39, 0.29) is 0 Å². The molecule has 0 atom stereocenters. The molecule has 2 heterocycles. The molecule has 0 aliphatic rings. The van der Waals surface area contributed by atoms with Gasteiger partial charge in [0, 0.05) is 19.4 Å². The number of nitrogens with one attached hydrogen (secondary N) is 1. The van der Waals surface area contributed by atoms with E-state index < -0.39 is 0 Å². The van der Waals surface area contributed by atoms with Crippen LogP contribution >= 0.6 is 22.6 Å². The van der Waals surface area contributed by atoms with E-state index in [0.29, 0.717) is 5.82 Å². The number of aromatic nitrogens is 3. The Morgan fingerprint density at radius 3 is 2.81 bits per heavy atom. The molecule has 0 spiro atoms. The van der Waals surface area contributed by atoms with Crippen LogP contribution in [-0.4, -0.2) is 22.0 Å². The van der Waals surface area contributed by atoms with Crippen LogP contribution in [0, 0.1) is 10.5 Å². The molecule has 0 aromatic carbocycles. The van der Waals surface area contributed by atoms with Crippen LogP contribution < -0.4 is 5.32 Å². The fourth-order valence-electron chi connectivity index (χ4n) is 1.32. The first-order valence-corrected chi connectivity index (χ1v) is 5.92. The highest BCUT2D eigenvalue weighted by Crippen LogP contribution is 2.19. The van der Waals surface area contributed by atoms with Crippen LogP contribution in [0.2, 0.25) is 0 Å². The summed E-state index contributed by atoms with van der Waals surface area (Å²) in [5.41, 5.74) is 1.95. The number of pyridine rings is 1. The van der Waals surface area contributed by atoms with Crippen LogP contribution in [0.15, 0.2) is 24.5 Å². The van der Waals surface area contributed by atoms with Crippen molar-refractivity contribution < 1.29 is 0 Å². The second-order valence-electron chi connectivity index (χ2n) is 3.36. The molecule has 16 heavy (non-hydrogen) atoms. The molecule has 1 N–H and O–H groups in total. The third-order valence-corrected chi connectivity index (χ3v) is 2.91. The fraction of sp³-hybridized carbons (Fsp3) is 0.182. The van der Waals surface area contributed by atoms with Crippen molar-refractivity contribution >= 4 is 28.4 Å². The molecule has 5 heteroatoms. The van der Waals surface area contributed by atoms with Gasteiger partial charge >= 0.3 is 0 Å². The Bertz CT molecular complexity index is 513. The van der Waals surface area contributed by atoms with Crippen molar-refractivity contribution in [2.75, 3.05) is 12.4 Å². The first-order chi connectivity index (χ1) is 7.70. The van der Waals surface area contributed by atoms with Gasteiger partial charge in [-0.25, -0.2) is 9.97 Å². The Hall–Kier alpha value is -1.24. The SMILES string of the molecule is CNc1nc(-c2cc(C)ccn2)ncc1I. The summed E-state index contributed by atoms with van der Waals surface area (Å²) in [5.74, 6) is 1.47. The molecular weight excluding hydrogens is 315 g/mol. The van der Waals surface area contributed by atoms with Crippen LogP contribution in [0.25, 0.3) is 11.5 Å². The van der Waals surface area contributed by atoms with Crippen molar-refractivity contribution in [3.8, 4) is 11.5 Å². The van der Waals surface area contributed by atoms with E-state index in [1.54, 1.807) is 12.4 Å². The van der Waals surface area contributed by atoms with E-state index in [4.69, 9.17) is 0 Å². The van der Waals surface area contributed by atoms with Gasteiger partial charge in [0.15, 0.2) is 5.82 Å². The molecule has 0 saturated carbocycles. The lowest BCUT2D eigenvalue weighted by atomic mass is 10.2. The maximum atomic E-state index is 4.41. The molecule has 82 valence electrons. The number of nitrogens with zero attached hydrogens (tertiary/aromatic N) is 3. The molecule has 0 amide bonds. The van der Waals surface area contributed by atoms with Crippen LogP contribution in [0.4, 0.5) is 5.82 Å². The zero-order chi connectivity index (χ0) is 11.5. The summed E-state index contributed by atoms with van der Waals surface area (Å²) in [7, 11) is 1.85. The zero-order valence-electron chi connectivity index (χ0n) is 9.03. The number of anilines is 1. The summed E-state index contributed by atoms with van der Waals surface area (Å²) >= 11 is 2.20. The van der Waals surface area contributed by atoms with E-state index in [0.717, 1.165) is 20.6 Å². The zero-order valence-corrected chi connectivity index (χ0v) is 11.2. The number of hydrogen-bond acceptors (Lipinski definition) is 4. The second-order valence-corrected chi connectivity index (χ2v) is 4.52. The van der Waals surface area contributed by atoms with Gasteiger partial charge in [-0.05, 0) is 47.2 Å². The average molecular weight is 326 g/mol. The van der Waals surface area contributed by atoms with Gasteiger partial charge in [-0.2, -0.15) is 0 Å². The van der Waals surface area contributed by atoms with E-state index >= 15 is 0 Å². The van der Waals surface area contributed by atoms with Gasteiger partial charge in [0.2, 0.25) is 0 Å². The van der Waals surface area contributed by atoms with Crippen molar-refractivity contribution in [3.63, 3.8) is 0 Å². The summed E-state index contributed by atoms with van der Waals surface area (Å²) < 4.78 is 0.997. The fourth-order valence-corrected chi connectivity index (χ4v) is 1.85. The van der Waals surface area contributed by atoms with Crippen LogP contribution in [0.5, 0.6) is 0 Å². The Kier molecular flexibility index (Phi) is 3.33. The lowest BCUT2D eigenvalue weighted by Gasteiger charge is -2.05. The van der Waals surface area contributed by atoms with Crippen molar-refractivity contribution in [2.45, 2.75) is 6.92 Å². The lowest BCUT2D eigenvalue weighted by Crippen LogP contribution is -2.00. The largest absolute Gasteiger partial charge is 0.372 e. The summed E-state index contributed by atoms with van der Waals surface area (Å²) in [5, 5.41) is 3.03. The smallest absolute Gasteiger partial charge is 0.180 e. The maximum absolute atomic E-state index is 4.41. The molecular formula is C11H11IN4. The maximum Gasteiger partial charge on any atom is 0.180 e. The molecule has 0 radical (unpaired) electrons. The highest BCUT2D eigenvalue weighted by atomic mass is 127. The quantitative estimate of drug-likeness (QED) is 0.862. The highest BCUT2D eigenvalue weighted by molar-refractivity contribution is 14.1. The van der Waals surface area contributed by atoms with Crippen LogP contribution in [0.3, 0.4) is 0 Å². The molecule has 0 saturated heterocycles. The van der Waals surface area contributed by atoms with E-state index in [9.17, 15) is 0 Å². The average Bonchev–Trinajstić information content (AvgIpc) is 2.29. The second kappa shape index (κ2) is 4.73. The monoisotopic (exact) mass is 326 g/mol. The number of rotatable bonds is 2. The van der Waals surface area contributed by atoms with Gasteiger partial charge in [0.05, 0.1) is 3.57 Å². The highest BCUT2D eigenvalue weighted by Gasteiger charge is 2.06. The number of hydrogen-bond donors (Lipinski definition) is 1. The Morgan fingerprint density at radius 2 is 2.12 bits per heavy atom. The predicted molar refractivity (Wildman–Crippen MR) is 72.3 cm³/mol. The number of halogens is 1. The molecule has 2 aromatic heterocycles. The minimum Gasteiger partial charge on any atom is -0.372 e. The minimum absolute atomic E-state index is 0.647. The standard InChI is InChI=1S/C11H11IN4/c1-7-3-4-14-9(5-7)11-15-6-8(12)10(13-2)16-11/h3-6H,1-2H3,(H,13,15,16). The Balaban J connectivity index is 2.48. The summed E-state index contributed by atoms with van der Waals surface area (Å²) in [6.45, 7) is 2.02. The van der Waals surface area contributed by atoms with Crippen molar-refractivity contribution in [1.29, 1.82) is 0 Å². The Labute approximate surface area is 108 Å². The number of aryl methyl sites for hydroxylation is 1. The lowest BCUT2D eigenvalue weighted by molar-refractivity contribution is 1.12. The van der Waals surface area contributed by atoms with E-state index in [2.05, 4.69) is 42.9 Å². The van der Waals surface area contributed by atoms with Crippen molar-refractivity contribution in [3.05, 3.63) is 33.7 Å². The summed E-state index contributed by atoms with van der Waals surface area (Å²) in [4.78, 5) is 12.9. The molecule has 0 aliphatic carbocycles. The third kappa shape index (κ3) is 2.29. The summed E-state index contributed by atoms with van der Waals surface area (Å²) in [6, 6.07) is 3.93. The topological polar surface area (TPSA) is 50.7 Å². The third-order valence-electron chi connectivity index (χ3n) is 2.13. The molecule has 0 bridgehead atoms. The molecule has 0 fully saturated rings. The minimum atomic E-state index is 0.647. The molecule has 2 aromatic rings. The normalized spacial score (nSPS) is 10.2. The van der Waals surface area contributed by atoms with Crippen molar-refractivity contribution in [2.24, 2.45) is 0 Å². The first kappa shape index (κ1) is 11.3. The van der Waals surface area contributed by atoms with Gasteiger partial charge in [-0.15, -0.1) is 0 Å². The van der Waals surface area contributed by atoms with Gasteiger partial charge in [0.25, 0.3) is 0 Å². The molecule has 0 aliphatic heterocycles. The molecule has 0 unspecified atom stereocenters. The van der Waals surface area contributed by atoms with E-state index in [1.165, 1.54) is 0 Å². The van der Waals surface area contributed by atoms with Crippen molar-refractivity contribution in [1.82, 2.24) is 15.0 Å². The summed E-state index contributed by atoms with van der Waals surface area (Å²) in [6.07, 6.45) is 3.56. The van der Waals surface area contributed by atoms with E-state index in [1.807, 2.05) is 26.1 Å². The Morgan fingerprint density at radius 1 is 1.31 bits per heavy atom. The van der Waals surface area contributed by atoms with Gasteiger partial charge in [0.1, 0.15) is 11.5 Å². The van der Waals surface area contributed by atoms with Gasteiger partial charge in [-0.1, -0.05) is 0 Å². The van der Waals surface area contributed by atoms with Crippen LogP contribution in [0.1, 0.15) is 5.56 Å². The van der Waals surface area contributed by atoms with Gasteiger partial charge in [-0.3, -0.25) is 4.98 Å². The molecule has 4 nitrogen and oxygen atoms in total.